The van der Waals surface area contributed by atoms with E-state index in [0.29, 0.717) is 5.56 Å². The molecule has 0 unspecified atom stereocenters. The Kier molecular flexibility index (Phi) is 5.60. The zero-order valence-corrected chi connectivity index (χ0v) is 16.3. The van der Waals surface area contributed by atoms with Gasteiger partial charge in [0.2, 0.25) is 4.80 Å². The van der Waals surface area contributed by atoms with E-state index in [2.05, 4.69) is 26.0 Å². The molecule has 0 saturated heterocycles. The first-order valence-electron chi connectivity index (χ1n) is 7.84. The first kappa shape index (κ1) is 17.8. The molecule has 0 saturated carbocycles. The Labute approximate surface area is 158 Å². The highest BCUT2D eigenvalue weighted by molar-refractivity contribution is 9.10. The zero-order valence-electron chi connectivity index (χ0n) is 13.9. The van der Waals surface area contributed by atoms with Gasteiger partial charge in [-0.05, 0) is 32.0 Å². The topological polar surface area (TPSA) is 29.6 Å². The van der Waals surface area contributed by atoms with Crippen molar-refractivity contribution in [2.45, 2.75) is 19.9 Å². The molecule has 3 nitrogen and oxygen atoms in total. The van der Waals surface area contributed by atoms with Gasteiger partial charge < -0.3 is 0 Å². The van der Waals surface area contributed by atoms with Crippen molar-refractivity contribution in [3.05, 3.63) is 74.6 Å². The van der Waals surface area contributed by atoms with E-state index in [1.165, 1.54) is 23.6 Å². The summed E-state index contributed by atoms with van der Waals surface area (Å²) in [5.41, 5.74) is 2.39. The highest BCUT2D eigenvalue weighted by Gasteiger charge is 2.08. The molecule has 0 radical (unpaired) electrons. The van der Waals surface area contributed by atoms with Crippen molar-refractivity contribution in [2.24, 2.45) is 10.1 Å². The van der Waals surface area contributed by atoms with Crippen LogP contribution in [0.1, 0.15) is 19.4 Å². The minimum Gasteiger partial charge on any atom is -0.255 e. The summed E-state index contributed by atoms with van der Waals surface area (Å²) in [6.45, 7) is 4.04. The van der Waals surface area contributed by atoms with Crippen molar-refractivity contribution in [3.8, 4) is 11.3 Å². The van der Waals surface area contributed by atoms with Gasteiger partial charge in [-0.15, -0.1) is 11.3 Å². The van der Waals surface area contributed by atoms with E-state index in [1.807, 2.05) is 43.5 Å². The van der Waals surface area contributed by atoms with Crippen LogP contribution in [0.4, 0.5) is 4.39 Å². The number of thiazole rings is 1. The highest BCUT2D eigenvalue weighted by atomic mass is 79.9. The lowest BCUT2D eigenvalue weighted by molar-refractivity contribution is 0.625. The average molecular weight is 418 g/mol. The molecule has 25 heavy (non-hydrogen) atoms. The molecule has 0 aliphatic rings. The molecular weight excluding hydrogens is 401 g/mol. The van der Waals surface area contributed by atoms with Crippen LogP contribution in [0.2, 0.25) is 0 Å². The van der Waals surface area contributed by atoms with Crippen LogP contribution in [-0.2, 0) is 0 Å². The van der Waals surface area contributed by atoms with E-state index in [-0.39, 0.29) is 11.9 Å². The molecule has 1 heterocycles. The number of hydrogen-bond donors (Lipinski definition) is 0. The molecule has 1 aromatic heterocycles. The van der Waals surface area contributed by atoms with Gasteiger partial charge in [0.05, 0.1) is 11.9 Å². The maximum absolute atomic E-state index is 13.9. The number of hydrogen-bond acceptors (Lipinski definition) is 3. The van der Waals surface area contributed by atoms with E-state index < -0.39 is 0 Å². The number of benzene rings is 2. The maximum atomic E-state index is 13.9. The van der Waals surface area contributed by atoms with E-state index >= 15 is 0 Å². The molecule has 0 aliphatic carbocycles. The molecule has 0 atom stereocenters. The predicted molar refractivity (Wildman–Crippen MR) is 106 cm³/mol. The summed E-state index contributed by atoms with van der Waals surface area (Å²) in [5.74, 6) is -0.297. The highest BCUT2D eigenvalue weighted by Crippen LogP contribution is 2.22. The maximum Gasteiger partial charge on any atom is 0.206 e. The smallest absolute Gasteiger partial charge is 0.206 e. The monoisotopic (exact) mass is 417 g/mol. The van der Waals surface area contributed by atoms with Gasteiger partial charge in [0.25, 0.3) is 0 Å². The van der Waals surface area contributed by atoms with Gasteiger partial charge in [-0.25, -0.2) is 9.07 Å². The molecule has 2 aromatic carbocycles. The van der Waals surface area contributed by atoms with Crippen molar-refractivity contribution in [1.29, 1.82) is 0 Å². The first-order chi connectivity index (χ1) is 12.0. The third kappa shape index (κ3) is 4.32. The molecule has 3 rings (SSSR count). The summed E-state index contributed by atoms with van der Waals surface area (Å²) >= 11 is 4.97. The fraction of sp³-hybridized carbons (Fsp3) is 0.158. The number of nitrogens with zero attached hydrogens (tertiary/aromatic N) is 3. The molecule has 0 amide bonds. The summed E-state index contributed by atoms with van der Waals surface area (Å²) in [6.07, 6.45) is 1.53. The second-order valence-corrected chi connectivity index (χ2v) is 7.46. The summed E-state index contributed by atoms with van der Waals surface area (Å²) < 4.78 is 16.6. The minimum atomic E-state index is -0.297. The van der Waals surface area contributed by atoms with Crippen LogP contribution in [0.15, 0.2) is 68.5 Å². The third-order valence-corrected chi connectivity index (χ3v) is 4.77. The van der Waals surface area contributed by atoms with Crippen LogP contribution in [0, 0.1) is 5.82 Å². The van der Waals surface area contributed by atoms with E-state index in [9.17, 15) is 4.39 Å². The molecule has 0 fully saturated rings. The van der Waals surface area contributed by atoms with Crippen LogP contribution in [-0.4, -0.2) is 16.9 Å². The van der Waals surface area contributed by atoms with Gasteiger partial charge in [0, 0.05) is 27.0 Å². The van der Waals surface area contributed by atoms with Crippen LogP contribution in [0.5, 0.6) is 0 Å². The van der Waals surface area contributed by atoms with Crippen molar-refractivity contribution in [3.63, 3.8) is 0 Å². The van der Waals surface area contributed by atoms with E-state index in [0.717, 1.165) is 20.5 Å². The molecule has 0 spiro atoms. The first-order valence-corrected chi connectivity index (χ1v) is 9.51. The van der Waals surface area contributed by atoms with Crippen LogP contribution < -0.4 is 4.80 Å². The second kappa shape index (κ2) is 7.89. The molecule has 6 heteroatoms. The Morgan fingerprint density at radius 3 is 2.52 bits per heavy atom. The predicted octanol–water partition coefficient (Wildman–Crippen LogP) is 5.31. The van der Waals surface area contributed by atoms with Crippen molar-refractivity contribution in [1.82, 2.24) is 4.68 Å². The Balaban J connectivity index is 2.10. The Morgan fingerprint density at radius 1 is 1.12 bits per heavy atom. The van der Waals surface area contributed by atoms with Gasteiger partial charge in [0.15, 0.2) is 0 Å². The lowest BCUT2D eigenvalue weighted by Gasteiger charge is -2.04. The van der Waals surface area contributed by atoms with Crippen LogP contribution in [0.25, 0.3) is 11.3 Å². The Bertz CT molecular complexity index is 955. The molecule has 0 aliphatic heterocycles. The lowest BCUT2D eigenvalue weighted by Crippen LogP contribution is -2.14. The lowest BCUT2D eigenvalue weighted by atomic mass is 10.2. The largest absolute Gasteiger partial charge is 0.255 e. The summed E-state index contributed by atoms with van der Waals surface area (Å²) in [7, 11) is 0. The SMILES string of the molecule is CC(C)N=c1scc(-c2ccc(Br)cc2)n1N=Cc1ccccc1F. The van der Waals surface area contributed by atoms with Crippen molar-refractivity contribution < 1.29 is 4.39 Å². The van der Waals surface area contributed by atoms with E-state index in [1.54, 1.807) is 22.9 Å². The number of halogens is 2. The fourth-order valence-corrected chi connectivity index (χ4v) is 3.47. The quantitative estimate of drug-likeness (QED) is 0.514. The third-order valence-electron chi connectivity index (χ3n) is 3.41. The standard InChI is InChI=1S/C19H17BrFN3S/c1-13(2)23-19-24(22-11-15-5-3-4-6-17(15)21)18(12-25-19)14-7-9-16(20)10-8-14/h3-13H,1-2H3. The Hall–Kier alpha value is -2.05. The average Bonchev–Trinajstić information content (AvgIpc) is 2.97. The summed E-state index contributed by atoms with van der Waals surface area (Å²) in [6, 6.07) is 14.7. The van der Waals surface area contributed by atoms with Gasteiger partial charge in [-0.3, -0.25) is 4.99 Å². The molecular formula is C19H17BrFN3S. The molecule has 3 aromatic rings. The summed E-state index contributed by atoms with van der Waals surface area (Å²) in [4.78, 5) is 5.40. The van der Waals surface area contributed by atoms with Gasteiger partial charge in [-0.1, -0.05) is 46.3 Å². The minimum absolute atomic E-state index is 0.145. The van der Waals surface area contributed by atoms with E-state index in [4.69, 9.17) is 0 Å². The van der Waals surface area contributed by atoms with Crippen molar-refractivity contribution in [2.75, 3.05) is 0 Å². The van der Waals surface area contributed by atoms with Crippen LogP contribution in [0.3, 0.4) is 0 Å². The molecule has 0 N–H and O–H groups in total. The normalized spacial score (nSPS) is 12.4. The molecule has 128 valence electrons. The number of aromatic nitrogens is 1. The second-order valence-electron chi connectivity index (χ2n) is 5.71. The van der Waals surface area contributed by atoms with Gasteiger partial charge in [0.1, 0.15) is 5.82 Å². The zero-order chi connectivity index (χ0) is 17.8. The van der Waals surface area contributed by atoms with Crippen LogP contribution >= 0.6 is 27.3 Å². The van der Waals surface area contributed by atoms with Gasteiger partial charge >= 0.3 is 0 Å². The molecule has 0 bridgehead atoms. The summed E-state index contributed by atoms with van der Waals surface area (Å²) in [5, 5.41) is 6.52. The fourth-order valence-electron chi connectivity index (χ4n) is 2.24. The number of rotatable bonds is 4. The Morgan fingerprint density at radius 2 is 1.84 bits per heavy atom. The van der Waals surface area contributed by atoms with Gasteiger partial charge in [-0.2, -0.15) is 5.10 Å². The van der Waals surface area contributed by atoms with Crippen molar-refractivity contribution >= 4 is 33.5 Å².